The first-order chi connectivity index (χ1) is 13.4. The Morgan fingerprint density at radius 2 is 1.96 bits per heavy atom. The number of hydrogen-bond donors (Lipinski definition) is 2. The Morgan fingerprint density at radius 1 is 1.21 bits per heavy atom. The van der Waals surface area contributed by atoms with E-state index in [1.54, 1.807) is 0 Å². The number of nitrogens with one attached hydrogen (secondary N) is 2. The smallest absolute Gasteiger partial charge is 0.191 e. The Labute approximate surface area is 172 Å². The van der Waals surface area contributed by atoms with E-state index in [2.05, 4.69) is 50.2 Å². The summed E-state index contributed by atoms with van der Waals surface area (Å²) in [5, 5.41) is 6.83. The molecule has 0 aromatic carbocycles. The molecule has 6 nitrogen and oxygen atoms in total. The molecule has 2 aliphatic rings. The van der Waals surface area contributed by atoms with E-state index >= 15 is 0 Å². The van der Waals surface area contributed by atoms with Crippen molar-refractivity contribution in [2.75, 3.05) is 59.2 Å². The van der Waals surface area contributed by atoms with Crippen LogP contribution in [0.3, 0.4) is 0 Å². The highest BCUT2D eigenvalue weighted by Gasteiger charge is 2.32. The number of likely N-dealkylation sites (tertiary alicyclic amines) is 1. The fourth-order valence-electron chi connectivity index (χ4n) is 4.22. The number of piperidine rings is 1. The zero-order chi connectivity index (χ0) is 20.4. The van der Waals surface area contributed by atoms with Crippen molar-refractivity contribution >= 4 is 5.96 Å². The molecule has 0 radical (unpaired) electrons. The molecule has 2 aliphatic heterocycles. The molecule has 2 saturated heterocycles. The molecule has 3 unspecified atom stereocenters. The minimum absolute atomic E-state index is 0.0811. The summed E-state index contributed by atoms with van der Waals surface area (Å²) in [6.07, 6.45) is 3.47. The Morgan fingerprint density at radius 3 is 2.61 bits per heavy atom. The van der Waals surface area contributed by atoms with E-state index in [1.165, 1.54) is 19.5 Å². The number of hydrogen-bond acceptors (Lipinski definition) is 4. The van der Waals surface area contributed by atoms with Crippen molar-refractivity contribution < 1.29 is 9.47 Å². The number of ether oxygens (including phenoxy) is 2. The van der Waals surface area contributed by atoms with Crippen LogP contribution in [0.4, 0.5) is 0 Å². The standard InChI is InChI=1S/C22H44N4O2/c1-6-23-21(24-9-7-10-27-15-20-8-11-28-16-20)25-17-22(4,5)26-13-18(2)12-19(3)14-26/h18-20H,6-17H2,1-5H3,(H2,23,24,25). The van der Waals surface area contributed by atoms with Crippen LogP contribution in [0.1, 0.15) is 53.9 Å². The highest BCUT2D eigenvalue weighted by Crippen LogP contribution is 2.27. The first-order valence-electron chi connectivity index (χ1n) is 11.3. The first kappa shape index (κ1) is 23.4. The molecular weight excluding hydrogens is 352 g/mol. The van der Waals surface area contributed by atoms with Crippen LogP contribution >= 0.6 is 0 Å². The third kappa shape index (κ3) is 8.26. The fourth-order valence-corrected chi connectivity index (χ4v) is 4.22. The maximum atomic E-state index is 5.79. The molecule has 0 spiro atoms. The van der Waals surface area contributed by atoms with Crippen molar-refractivity contribution in [3.8, 4) is 0 Å². The molecule has 0 amide bonds. The average Bonchev–Trinajstić information content (AvgIpc) is 3.15. The Bertz CT molecular complexity index is 453. The quantitative estimate of drug-likeness (QED) is 0.338. The first-order valence-corrected chi connectivity index (χ1v) is 11.3. The highest BCUT2D eigenvalue weighted by atomic mass is 16.5. The monoisotopic (exact) mass is 396 g/mol. The number of aliphatic imine (C=N–C) groups is 1. The summed E-state index contributed by atoms with van der Waals surface area (Å²) < 4.78 is 11.2. The van der Waals surface area contributed by atoms with Crippen molar-refractivity contribution in [3.05, 3.63) is 0 Å². The second-order valence-corrected chi connectivity index (χ2v) is 9.44. The third-order valence-electron chi connectivity index (χ3n) is 5.83. The number of guanidine groups is 1. The lowest BCUT2D eigenvalue weighted by molar-refractivity contribution is 0.0512. The van der Waals surface area contributed by atoms with Gasteiger partial charge in [0.1, 0.15) is 0 Å². The fraction of sp³-hybridized carbons (Fsp3) is 0.955. The van der Waals surface area contributed by atoms with Gasteiger partial charge >= 0.3 is 0 Å². The van der Waals surface area contributed by atoms with E-state index in [0.717, 1.165) is 76.7 Å². The van der Waals surface area contributed by atoms with Crippen LogP contribution in [0.5, 0.6) is 0 Å². The van der Waals surface area contributed by atoms with Crippen LogP contribution < -0.4 is 10.6 Å². The average molecular weight is 397 g/mol. The van der Waals surface area contributed by atoms with Gasteiger partial charge in [-0.15, -0.1) is 0 Å². The molecule has 0 aromatic heterocycles. The van der Waals surface area contributed by atoms with E-state index in [0.29, 0.717) is 5.92 Å². The minimum atomic E-state index is 0.0811. The molecule has 2 fully saturated rings. The molecule has 2 heterocycles. The Kier molecular flexibility index (Phi) is 10.0. The summed E-state index contributed by atoms with van der Waals surface area (Å²) in [6.45, 7) is 19.8. The zero-order valence-electron chi connectivity index (χ0n) is 18.9. The SMILES string of the molecule is CCNC(=NCC(C)(C)N1CC(C)CC(C)C1)NCCCOCC1CCOC1. The summed E-state index contributed by atoms with van der Waals surface area (Å²) in [5.74, 6) is 3.05. The van der Waals surface area contributed by atoms with E-state index in [9.17, 15) is 0 Å². The van der Waals surface area contributed by atoms with Crippen molar-refractivity contribution in [1.82, 2.24) is 15.5 Å². The van der Waals surface area contributed by atoms with Crippen LogP contribution in [-0.2, 0) is 9.47 Å². The van der Waals surface area contributed by atoms with Crippen LogP contribution in [0, 0.1) is 17.8 Å². The summed E-state index contributed by atoms with van der Waals surface area (Å²) >= 11 is 0. The van der Waals surface area contributed by atoms with E-state index in [4.69, 9.17) is 14.5 Å². The van der Waals surface area contributed by atoms with Gasteiger partial charge in [-0.3, -0.25) is 9.89 Å². The lowest BCUT2D eigenvalue weighted by Gasteiger charge is -2.44. The van der Waals surface area contributed by atoms with Gasteiger partial charge in [-0.1, -0.05) is 13.8 Å². The van der Waals surface area contributed by atoms with Gasteiger partial charge in [-0.25, -0.2) is 0 Å². The summed E-state index contributed by atoms with van der Waals surface area (Å²) in [4.78, 5) is 7.51. The molecule has 0 aliphatic carbocycles. The van der Waals surface area contributed by atoms with Gasteiger partial charge < -0.3 is 20.1 Å². The summed E-state index contributed by atoms with van der Waals surface area (Å²) in [7, 11) is 0. The molecule has 3 atom stereocenters. The topological polar surface area (TPSA) is 58.1 Å². The molecular formula is C22H44N4O2. The second-order valence-electron chi connectivity index (χ2n) is 9.44. The van der Waals surface area contributed by atoms with Crippen molar-refractivity contribution in [2.24, 2.45) is 22.7 Å². The third-order valence-corrected chi connectivity index (χ3v) is 5.83. The Hall–Kier alpha value is -0.850. The molecule has 164 valence electrons. The molecule has 2 N–H and O–H groups in total. The van der Waals surface area contributed by atoms with Crippen molar-refractivity contribution in [2.45, 2.75) is 59.4 Å². The number of rotatable bonds is 10. The maximum absolute atomic E-state index is 5.79. The van der Waals surface area contributed by atoms with E-state index < -0.39 is 0 Å². The molecule has 0 aromatic rings. The van der Waals surface area contributed by atoms with Crippen LogP contribution in [0.25, 0.3) is 0 Å². The van der Waals surface area contributed by atoms with E-state index in [-0.39, 0.29) is 5.54 Å². The van der Waals surface area contributed by atoms with Gasteiger partial charge in [0, 0.05) is 50.8 Å². The summed E-state index contributed by atoms with van der Waals surface area (Å²) in [6, 6.07) is 0. The van der Waals surface area contributed by atoms with Gasteiger partial charge in [0.2, 0.25) is 0 Å². The molecule has 6 heteroatoms. The largest absolute Gasteiger partial charge is 0.381 e. The van der Waals surface area contributed by atoms with Gasteiger partial charge in [-0.05, 0) is 51.9 Å². The lowest BCUT2D eigenvalue weighted by Crippen LogP contribution is -2.53. The van der Waals surface area contributed by atoms with Gasteiger partial charge in [0.25, 0.3) is 0 Å². The highest BCUT2D eigenvalue weighted by molar-refractivity contribution is 5.79. The maximum Gasteiger partial charge on any atom is 0.191 e. The molecule has 2 rings (SSSR count). The summed E-state index contributed by atoms with van der Waals surface area (Å²) in [5.41, 5.74) is 0.0811. The van der Waals surface area contributed by atoms with Gasteiger partial charge in [-0.2, -0.15) is 0 Å². The van der Waals surface area contributed by atoms with Crippen LogP contribution in [0.15, 0.2) is 4.99 Å². The minimum Gasteiger partial charge on any atom is -0.381 e. The molecule has 0 saturated carbocycles. The predicted octanol–water partition coefficient (Wildman–Crippen LogP) is 2.74. The van der Waals surface area contributed by atoms with Crippen molar-refractivity contribution in [3.63, 3.8) is 0 Å². The Balaban J connectivity index is 1.70. The normalized spacial score (nSPS) is 27.2. The van der Waals surface area contributed by atoms with Gasteiger partial charge in [0.05, 0.1) is 19.8 Å². The van der Waals surface area contributed by atoms with Crippen LogP contribution in [-0.4, -0.2) is 75.5 Å². The molecule has 28 heavy (non-hydrogen) atoms. The van der Waals surface area contributed by atoms with Gasteiger partial charge in [0.15, 0.2) is 5.96 Å². The second kappa shape index (κ2) is 12.0. The number of nitrogens with zero attached hydrogens (tertiary/aromatic N) is 2. The molecule has 0 bridgehead atoms. The van der Waals surface area contributed by atoms with Crippen LogP contribution in [0.2, 0.25) is 0 Å². The zero-order valence-corrected chi connectivity index (χ0v) is 18.9. The van der Waals surface area contributed by atoms with Crippen molar-refractivity contribution in [1.29, 1.82) is 0 Å². The van der Waals surface area contributed by atoms with E-state index in [1.807, 2.05) is 0 Å². The lowest BCUT2D eigenvalue weighted by atomic mass is 9.88. The predicted molar refractivity (Wildman–Crippen MR) is 117 cm³/mol.